The molecule has 0 aliphatic heterocycles. The van der Waals surface area contributed by atoms with Gasteiger partial charge in [-0.05, 0) is 36.1 Å². The number of para-hydroxylation sites is 1. The first-order valence-electron chi connectivity index (χ1n) is 8.21. The smallest absolute Gasteiger partial charge is 0.251 e. The van der Waals surface area contributed by atoms with E-state index in [0.29, 0.717) is 18.0 Å². The van der Waals surface area contributed by atoms with Crippen LogP contribution in [0.2, 0.25) is 0 Å². The third-order valence-electron chi connectivity index (χ3n) is 3.88. The summed E-state index contributed by atoms with van der Waals surface area (Å²) in [4.78, 5) is 24.2. The predicted octanol–water partition coefficient (Wildman–Crippen LogP) is 3.88. The third kappa shape index (κ3) is 4.69. The monoisotopic (exact) mass is 324 g/mol. The van der Waals surface area contributed by atoms with Crippen LogP contribution in [0.4, 0.5) is 5.69 Å². The van der Waals surface area contributed by atoms with Gasteiger partial charge in [0.15, 0.2) is 0 Å². The molecule has 0 radical (unpaired) electrons. The molecule has 24 heavy (non-hydrogen) atoms. The van der Waals surface area contributed by atoms with Crippen LogP contribution in [0.3, 0.4) is 0 Å². The van der Waals surface area contributed by atoms with Crippen molar-refractivity contribution in [2.75, 3.05) is 11.9 Å². The van der Waals surface area contributed by atoms with E-state index in [1.165, 1.54) is 0 Å². The molecule has 0 unspecified atom stereocenters. The van der Waals surface area contributed by atoms with Crippen LogP contribution in [-0.4, -0.2) is 18.4 Å². The van der Waals surface area contributed by atoms with Crippen molar-refractivity contribution in [1.82, 2.24) is 5.32 Å². The Morgan fingerprint density at radius 3 is 2.38 bits per heavy atom. The molecule has 0 aliphatic carbocycles. The molecule has 0 atom stereocenters. The molecule has 2 aromatic carbocycles. The number of anilines is 1. The maximum Gasteiger partial charge on any atom is 0.251 e. The summed E-state index contributed by atoms with van der Waals surface area (Å²) in [6, 6.07) is 15.2. The van der Waals surface area contributed by atoms with E-state index in [-0.39, 0.29) is 18.2 Å². The highest BCUT2D eigenvalue weighted by molar-refractivity contribution is 5.96. The van der Waals surface area contributed by atoms with Crippen LogP contribution in [0, 0.1) is 6.92 Å². The van der Waals surface area contributed by atoms with E-state index in [2.05, 4.69) is 24.5 Å². The van der Waals surface area contributed by atoms with Crippen LogP contribution < -0.4 is 10.6 Å². The highest BCUT2D eigenvalue weighted by Gasteiger charge is 2.11. The van der Waals surface area contributed by atoms with E-state index in [4.69, 9.17) is 0 Å². The Bertz CT molecular complexity index is 723. The van der Waals surface area contributed by atoms with E-state index < -0.39 is 0 Å². The van der Waals surface area contributed by atoms with Gasteiger partial charge in [-0.2, -0.15) is 0 Å². The number of rotatable bonds is 6. The number of nitrogens with one attached hydrogen (secondary N) is 2. The molecule has 4 heteroatoms. The molecular weight excluding hydrogens is 300 g/mol. The fourth-order valence-electron chi connectivity index (χ4n) is 2.54. The fourth-order valence-corrected chi connectivity index (χ4v) is 2.54. The average molecular weight is 324 g/mol. The summed E-state index contributed by atoms with van der Waals surface area (Å²) < 4.78 is 0. The largest absolute Gasteiger partial charge is 0.352 e. The summed E-state index contributed by atoms with van der Waals surface area (Å²) in [5.74, 6) is 0.0823. The van der Waals surface area contributed by atoms with Crippen molar-refractivity contribution in [3.05, 3.63) is 65.2 Å². The molecule has 0 spiro atoms. The highest BCUT2D eigenvalue weighted by atomic mass is 16.2. The molecule has 0 saturated heterocycles. The van der Waals surface area contributed by atoms with E-state index in [1.807, 2.05) is 49.4 Å². The minimum Gasteiger partial charge on any atom is -0.352 e. The second-order valence-electron chi connectivity index (χ2n) is 6.11. The number of hydrogen-bond acceptors (Lipinski definition) is 2. The lowest BCUT2D eigenvalue weighted by atomic mass is 10.0. The van der Waals surface area contributed by atoms with Crippen molar-refractivity contribution >= 4 is 17.5 Å². The summed E-state index contributed by atoms with van der Waals surface area (Å²) in [6.07, 6.45) is 0.240. The van der Waals surface area contributed by atoms with Gasteiger partial charge in [0.2, 0.25) is 5.91 Å². The number of amides is 2. The Morgan fingerprint density at radius 1 is 1.00 bits per heavy atom. The van der Waals surface area contributed by atoms with E-state index in [0.717, 1.165) is 16.8 Å². The lowest BCUT2D eigenvalue weighted by Crippen LogP contribution is -2.28. The quantitative estimate of drug-likeness (QED) is 0.847. The highest BCUT2D eigenvalue weighted by Crippen LogP contribution is 2.23. The molecule has 0 saturated carbocycles. The number of benzene rings is 2. The van der Waals surface area contributed by atoms with Gasteiger partial charge in [-0.15, -0.1) is 0 Å². The van der Waals surface area contributed by atoms with Crippen LogP contribution in [0.25, 0.3) is 0 Å². The lowest BCUT2D eigenvalue weighted by molar-refractivity contribution is -0.116. The second-order valence-corrected chi connectivity index (χ2v) is 6.11. The maximum absolute atomic E-state index is 12.1. The number of carbonyl (C=O) groups is 2. The van der Waals surface area contributed by atoms with Gasteiger partial charge < -0.3 is 10.6 Å². The standard InChI is InChI=1S/C20H24N2O2/c1-14(2)16-9-6-7-11-18(16)22-19(23)12-13-21-20(24)17-10-5-4-8-15(17)3/h4-11,14H,12-13H2,1-3H3,(H,21,24)(H,22,23). The van der Waals surface area contributed by atoms with Crippen molar-refractivity contribution in [2.24, 2.45) is 0 Å². The molecule has 0 aromatic heterocycles. The van der Waals surface area contributed by atoms with Crippen LogP contribution in [0.1, 0.15) is 47.7 Å². The molecular formula is C20H24N2O2. The van der Waals surface area contributed by atoms with E-state index >= 15 is 0 Å². The third-order valence-corrected chi connectivity index (χ3v) is 3.88. The second kappa shape index (κ2) is 8.29. The fraction of sp³-hybridized carbons (Fsp3) is 0.300. The van der Waals surface area contributed by atoms with Crippen LogP contribution in [-0.2, 0) is 4.79 Å². The predicted molar refractivity (Wildman–Crippen MR) is 97.3 cm³/mol. The van der Waals surface area contributed by atoms with Gasteiger partial charge in [-0.1, -0.05) is 50.2 Å². The topological polar surface area (TPSA) is 58.2 Å². The Labute approximate surface area is 143 Å². The van der Waals surface area contributed by atoms with Crippen molar-refractivity contribution in [3.63, 3.8) is 0 Å². The summed E-state index contributed by atoms with van der Waals surface area (Å²) >= 11 is 0. The van der Waals surface area contributed by atoms with Gasteiger partial charge in [0.1, 0.15) is 0 Å². The lowest BCUT2D eigenvalue weighted by Gasteiger charge is -2.13. The van der Waals surface area contributed by atoms with Gasteiger partial charge in [-0.3, -0.25) is 9.59 Å². The summed E-state index contributed by atoms with van der Waals surface area (Å²) in [7, 11) is 0. The van der Waals surface area contributed by atoms with Gasteiger partial charge in [0.05, 0.1) is 0 Å². The molecule has 0 fully saturated rings. The molecule has 2 aromatic rings. The first kappa shape index (κ1) is 17.7. The summed E-state index contributed by atoms with van der Waals surface area (Å²) in [6.45, 7) is 6.38. The molecule has 2 amide bonds. The number of carbonyl (C=O) groups excluding carboxylic acids is 2. The molecule has 0 heterocycles. The molecule has 126 valence electrons. The normalized spacial score (nSPS) is 10.5. The zero-order valence-corrected chi connectivity index (χ0v) is 14.4. The van der Waals surface area contributed by atoms with Crippen LogP contribution in [0.5, 0.6) is 0 Å². The number of hydrogen-bond donors (Lipinski definition) is 2. The van der Waals surface area contributed by atoms with Crippen molar-refractivity contribution < 1.29 is 9.59 Å². The van der Waals surface area contributed by atoms with E-state index in [1.54, 1.807) is 6.07 Å². The Balaban J connectivity index is 1.86. The van der Waals surface area contributed by atoms with Gasteiger partial charge in [-0.25, -0.2) is 0 Å². The molecule has 4 nitrogen and oxygen atoms in total. The number of aryl methyl sites for hydroxylation is 1. The van der Waals surface area contributed by atoms with Crippen LogP contribution >= 0.6 is 0 Å². The molecule has 2 N–H and O–H groups in total. The first-order chi connectivity index (χ1) is 11.5. The Morgan fingerprint density at radius 2 is 1.67 bits per heavy atom. The Hall–Kier alpha value is -2.62. The zero-order valence-electron chi connectivity index (χ0n) is 14.4. The van der Waals surface area contributed by atoms with E-state index in [9.17, 15) is 9.59 Å². The molecule has 0 aliphatic rings. The SMILES string of the molecule is Cc1ccccc1C(=O)NCCC(=O)Nc1ccccc1C(C)C. The van der Waals surface area contributed by atoms with Crippen molar-refractivity contribution in [1.29, 1.82) is 0 Å². The minimum atomic E-state index is -0.150. The van der Waals surface area contributed by atoms with Crippen LogP contribution in [0.15, 0.2) is 48.5 Å². The van der Waals surface area contributed by atoms with Crippen molar-refractivity contribution in [2.45, 2.75) is 33.1 Å². The minimum absolute atomic E-state index is 0.104. The average Bonchev–Trinajstić information content (AvgIpc) is 2.55. The maximum atomic E-state index is 12.1. The molecule has 0 bridgehead atoms. The first-order valence-corrected chi connectivity index (χ1v) is 8.21. The van der Waals surface area contributed by atoms with Gasteiger partial charge in [0, 0.05) is 24.2 Å². The summed E-state index contributed by atoms with van der Waals surface area (Å²) in [5.41, 5.74) is 3.51. The zero-order chi connectivity index (χ0) is 17.5. The summed E-state index contributed by atoms with van der Waals surface area (Å²) in [5, 5.41) is 5.72. The van der Waals surface area contributed by atoms with Crippen molar-refractivity contribution in [3.8, 4) is 0 Å². The van der Waals surface area contributed by atoms with Gasteiger partial charge >= 0.3 is 0 Å². The Kier molecular flexibility index (Phi) is 6.13. The van der Waals surface area contributed by atoms with Gasteiger partial charge in [0.25, 0.3) is 5.91 Å². The molecule has 2 rings (SSSR count).